The second-order valence-electron chi connectivity index (χ2n) is 8.22. The minimum Gasteiger partial charge on any atom is -0.497 e. The molecule has 1 aromatic heterocycles. The molecular formula is C29H29FN2O4. The molecule has 0 aliphatic carbocycles. The molecule has 1 heterocycles. The Morgan fingerprint density at radius 3 is 2.36 bits per heavy atom. The summed E-state index contributed by atoms with van der Waals surface area (Å²) < 4.78 is 32.0. The second-order valence-corrected chi connectivity index (χ2v) is 8.22. The van der Waals surface area contributed by atoms with Crippen LogP contribution in [0.15, 0.2) is 78.0 Å². The van der Waals surface area contributed by atoms with E-state index in [0.717, 1.165) is 34.0 Å². The molecule has 6 nitrogen and oxygen atoms in total. The van der Waals surface area contributed by atoms with Gasteiger partial charge in [-0.15, -0.1) is 0 Å². The first-order chi connectivity index (χ1) is 17.4. The number of aromatic nitrogens is 1. The fraction of sp³-hybridized carbons (Fsp3) is 0.207. The van der Waals surface area contributed by atoms with E-state index in [1.165, 1.54) is 12.1 Å². The van der Waals surface area contributed by atoms with Crippen LogP contribution in [0.5, 0.6) is 17.2 Å². The van der Waals surface area contributed by atoms with Gasteiger partial charge < -0.3 is 23.6 Å². The minimum absolute atomic E-state index is 0.174. The average Bonchev–Trinajstić information content (AvgIpc) is 3.25. The molecule has 0 atom stereocenters. The van der Waals surface area contributed by atoms with Crippen LogP contribution in [0.4, 0.5) is 4.39 Å². The van der Waals surface area contributed by atoms with Crippen molar-refractivity contribution in [3.63, 3.8) is 0 Å². The van der Waals surface area contributed by atoms with E-state index in [0.29, 0.717) is 22.8 Å². The number of methoxy groups -OCH3 is 3. The lowest BCUT2D eigenvalue weighted by atomic mass is 10.1. The Balaban J connectivity index is 1.77. The maximum atomic E-state index is 13.5. The monoisotopic (exact) mass is 488 g/mol. The van der Waals surface area contributed by atoms with Gasteiger partial charge in [0.1, 0.15) is 18.2 Å². The fourth-order valence-electron chi connectivity index (χ4n) is 4.14. The number of benzene rings is 3. The van der Waals surface area contributed by atoms with Crippen LogP contribution in [0.1, 0.15) is 23.7 Å². The molecular weight excluding hydrogens is 459 g/mol. The van der Waals surface area contributed by atoms with Crippen LogP contribution in [0.2, 0.25) is 0 Å². The summed E-state index contributed by atoms with van der Waals surface area (Å²) in [5.41, 5.74) is 6.14. The molecule has 0 fully saturated rings. The minimum atomic E-state index is -0.303. The molecule has 0 aliphatic rings. The first-order valence-corrected chi connectivity index (χ1v) is 11.5. The van der Waals surface area contributed by atoms with Crippen molar-refractivity contribution in [2.24, 2.45) is 5.16 Å². The van der Waals surface area contributed by atoms with Crippen LogP contribution in [-0.4, -0.2) is 31.6 Å². The maximum Gasteiger partial charge on any atom is 0.162 e. The van der Waals surface area contributed by atoms with E-state index >= 15 is 0 Å². The van der Waals surface area contributed by atoms with Crippen molar-refractivity contribution >= 4 is 5.71 Å². The van der Waals surface area contributed by atoms with E-state index in [-0.39, 0.29) is 12.4 Å². The Morgan fingerprint density at radius 1 is 0.861 bits per heavy atom. The maximum absolute atomic E-state index is 13.5. The third-order valence-corrected chi connectivity index (χ3v) is 5.95. The second kappa shape index (κ2) is 11.0. The molecule has 0 bridgehead atoms. The van der Waals surface area contributed by atoms with Gasteiger partial charge in [0.2, 0.25) is 0 Å². The molecule has 0 N–H and O–H groups in total. The van der Waals surface area contributed by atoms with Gasteiger partial charge in [-0.1, -0.05) is 29.4 Å². The fourth-order valence-corrected chi connectivity index (χ4v) is 4.14. The summed E-state index contributed by atoms with van der Waals surface area (Å²) in [6.07, 6.45) is 0. The Labute approximate surface area is 210 Å². The number of hydrogen-bond acceptors (Lipinski definition) is 5. The van der Waals surface area contributed by atoms with Crippen LogP contribution in [0.3, 0.4) is 0 Å². The summed E-state index contributed by atoms with van der Waals surface area (Å²) in [5.74, 6) is 1.74. The third-order valence-electron chi connectivity index (χ3n) is 5.95. The number of hydrogen-bond donors (Lipinski definition) is 0. The molecule has 3 aromatic carbocycles. The van der Waals surface area contributed by atoms with Gasteiger partial charge in [-0.25, -0.2) is 4.39 Å². The Hall–Kier alpha value is -4.26. The summed E-state index contributed by atoms with van der Waals surface area (Å²) in [6.45, 7) is 4.09. The number of halogens is 1. The highest BCUT2D eigenvalue weighted by atomic mass is 19.1. The molecule has 0 saturated carbocycles. The molecule has 0 unspecified atom stereocenters. The number of ether oxygens (including phenoxy) is 3. The number of oxime groups is 1. The molecule has 0 saturated heterocycles. The van der Waals surface area contributed by atoms with Crippen molar-refractivity contribution in [3.8, 4) is 34.2 Å². The number of rotatable bonds is 9. The predicted molar refractivity (Wildman–Crippen MR) is 139 cm³/mol. The van der Waals surface area contributed by atoms with Crippen molar-refractivity contribution in [2.45, 2.75) is 20.5 Å². The van der Waals surface area contributed by atoms with Gasteiger partial charge in [-0.05, 0) is 61.9 Å². The lowest BCUT2D eigenvalue weighted by Crippen LogP contribution is -2.03. The topological polar surface area (TPSA) is 54.2 Å². The summed E-state index contributed by atoms with van der Waals surface area (Å²) >= 11 is 0. The zero-order valence-electron chi connectivity index (χ0n) is 21.0. The van der Waals surface area contributed by atoms with Crippen molar-refractivity contribution in [3.05, 3.63) is 95.4 Å². The van der Waals surface area contributed by atoms with Crippen LogP contribution in [0.25, 0.3) is 16.9 Å². The summed E-state index contributed by atoms with van der Waals surface area (Å²) in [6, 6.07) is 22.0. The molecule has 36 heavy (non-hydrogen) atoms. The molecule has 7 heteroatoms. The lowest BCUT2D eigenvalue weighted by Gasteiger charge is -2.15. The molecule has 186 valence electrons. The highest BCUT2D eigenvalue weighted by Gasteiger charge is 2.19. The number of nitrogens with zero attached hydrogens (tertiary/aromatic N) is 2. The first kappa shape index (κ1) is 24.9. The zero-order valence-corrected chi connectivity index (χ0v) is 21.0. The van der Waals surface area contributed by atoms with Crippen LogP contribution in [0, 0.1) is 12.7 Å². The quantitative estimate of drug-likeness (QED) is 0.198. The van der Waals surface area contributed by atoms with E-state index in [4.69, 9.17) is 19.0 Å². The zero-order chi connectivity index (χ0) is 25.7. The van der Waals surface area contributed by atoms with Gasteiger partial charge in [0.05, 0.1) is 32.7 Å². The van der Waals surface area contributed by atoms with E-state index in [9.17, 15) is 4.39 Å². The van der Waals surface area contributed by atoms with Crippen LogP contribution in [-0.2, 0) is 11.4 Å². The summed E-state index contributed by atoms with van der Waals surface area (Å²) in [5, 5.41) is 4.33. The lowest BCUT2D eigenvalue weighted by molar-refractivity contribution is 0.130. The highest BCUT2D eigenvalue weighted by molar-refractivity contribution is 6.01. The standard InChI is InChI=1S/C29H29FN2O4/c1-19(31-36-18-21-8-6-10-23(30)14-21)26-17-27(22-9-7-11-25(15-22)33-3)32(20(26)2)24-12-13-28(34-4)29(16-24)35-5/h6-17H,18H2,1-5H3/b31-19-. The van der Waals surface area contributed by atoms with Gasteiger partial charge in [-0.2, -0.15) is 0 Å². The molecule has 0 radical (unpaired) electrons. The molecule has 4 rings (SSSR count). The SMILES string of the molecule is COc1cccc(-c2cc(/C(C)=N\OCc3cccc(F)c3)c(C)n2-c2ccc(OC)c(OC)c2)c1. The van der Waals surface area contributed by atoms with E-state index in [1.54, 1.807) is 33.5 Å². The van der Waals surface area contributed by atoms with Crippen LogP contribution >= 0.6 is 0 Å². The Morgan fingerprint density at radius 2 is 1.64 bits per heavy atom. The smallest absolute Gasteiger partial charge is 0.162 e. The first-order valence-electron chi connectivity index (χ1n) is 11.5. The van der Waals surface area contributed by atoms with Gasteiger partial charge in [0.15, 0.2) is 11.5 Å². The summed E-state index contributed by atoms with van der Waals surface area (Å²) in [4.78, 5) is 5.57. The molecule has 0 aliphatic heterocycles. The van der Waals surface area contributed by atoms with E-state index in [1.807, 2.05) is 56.3 Å². The van der Waals surface area contributed by atoms with Crippen molar-refractivity contribution in [2.75, 3.05) is 21.3 Å². The molecule has 4 aromatic rings. The van der Waals surface area contributed by atoms with Gasteiger partial charge in [-0.3, -0.25) is 0 Å². The van der Waals surface area contributed by atoms with E-state index in [2.05, 4.69) is 15.8 Å². The van der Waals surface area contributed by atoms with Gasteiger partial charge >= 0.3 is 0 Å². The van der Waals surface area contributed by atoms with Crippen molar-refractivity contribution < 1.29 is 23.4 Å². The molecule has 0 spiro atoms. The average molecular weight is 489 g/mol. The molecule has 0 amide bonds. The highest BCUT2D eigenvalue weighted by Crippen LogP contribution is 2.35. The van der Waals surface area contributed by atoms with Gasteiger partial charge in [0, 0.05) is 28.6 Å². The normalized spacial score (nSPS) is 11.3. The van der Waals surface area contributed by atoms with Crippen molar-refractivity contribution in [1.29, 1.82) is 0 Å². The summed E-state index contributed by atoms with van der Waals surface area (Å²) in [7, 11) is 4.88. The van der Waals surface area contributed by atoms with E-state index < -0.39 is 0 Å². The third kappa shape index (κ3) is 5.20. The Kier molecular flexibility index (Phi) is 7.59. The largest absolute Gasteiger partial charge is 0.497 e. The van der Waals surface area contributed by atoms with Crippen LogP contribution < -0.4 is 14.2 Å². The van der Waals surface area contributed by atoms with Crippen molar-refractivity contribution in [1.82, 2.24) is 4.57 Å². The Bertz CT molecular complexity index is 1390. The van der Waals surface area contributed by atoms with Gasteiger partial charge in [0.25, 0.3) is 0 Å². The predicted octanol–water partition coefficient (Wildman–Crippen LogP) is 6.56.